The van der Waals surface area contributed by atoms with E-state index in [2.05, 4.69) is 15.6 Å². The first-order valence-electron chi connectivity index (χ1n) is 9.28. The zero-order valence-electron chi connectivity index (χ0n) is 15.6. The Labute approximate surface area is 151 Å². The van der Waals surface area contributed by atoms with E-state index in [0.29, 0.717) is 12.5 Å². The Morgan fingerprint density at radius 1 is 1.36 bits per heavy atom. The molecule has 0 aromatic heterocycles. The lowest BCUT2D eigenvalue weighted by atomic mass is 10.1. The van der Waals surface area contributed by atoms with Gasteiger partial charge in [-0.3, -0.25) is 4.99 Å². The lowest BCUT2D eigenvalue weighted by Gasteiger charge is -2.15. The van der Waals surface area contributed by atoms with Crippen LogP contribution in [-0.4, -0.2) is 72.4 Å². The van der Waals surface area contributed by atoms with Gasteiger partial charge in [-0.25, -0.2) is 8.42 Å². The summed E-state index contributed by atoms with van der Waals surface area (Å²) < 4.78 is 34.1. The Morgan fingerprint density at radius 2 is 2.16 bits per heavy atom. The second-order valence-electron chi connectivity index (χ2n) is 7.35. The first-order valence-corrected chi connectivity index (χ1v) is 11.3. The molecule has 1 saturated carbocycles. The normalized spacial score (nSPS) is 22.8. The van der Waals surface area contributed by atoms with E-state index in [1.807, 2.05) is 6.92 Å². The third-order valence-corrected chi connectivity index (χ3v) is 5.71. The molecule has 1 heterocycles. The molecule has 25 heavy (non-hydrogen) atoms. The Hall–Kier alpha value is -0.860. The molecule has 0 aromatic carbocycles. The van der Waals surface area contributed by atoms with Gasteiger partial charge in [0, 0.05) is 50.4 Å². The minimum absolute atomic E-state index is 0.137. The number of nitrogens with zero attached hydrogens (tertiary/aromatic N) is 1. The van der Waals surface area contributed by atoms with Crippen LogP contribution in [0.25, 0.3) is 0 Å². The third kappa shape index (κ3) is 8.37. The van der Waals surface area contributed by atoms with E-state index in [1.165, 1.54) is 6.26 Å². The van der Waals surface area contributed by atoms with Crippen LogP contribution in [-0.2, 0) is 19.3 Å². The Balaban J connectivity index is 1.64. The largest absolute Gasteiger partial charge is 0.381 e. The first-order chi connectivity index (χ1) is 11.9. The number of nitrogens with one attached hydrogen (secondary N) is 2. The van der Waals surface area contributed by atoms with E-state index in [9.17, 15) is 8.42 Å². The van der Waals surface area contributed by atoms with Crippen LogP contribution < -0.4 is 10.6 Å². The molecule has 0 aromatic rings. The summed E-state index contributed by atoms with van der Waals surface area (Å²) in [5, 5.41) is 6.51. The van der Waals surface area contributed by atoms with Crippen LogP contribution in [0.15, 0.2) is 4.99 Å². The smallest absolute Gasteiger partial charge is 0.191 e. The number of ether oxygens (including phenoxy) is 2. The van der Waals surface area contributed by atoms with Gasteiger partial charge in [-0.2, -0.15) is 0 Å². The standard InChI is InChI=1S/C17H33N3O4S/c1-3-18-16(20-13-17(6-7-17)14-25(2,21)22)19-8-4-9-23-11-15-5-10-24-12-15/h15H,3-14H2,1-2H3,(H2,18,19,20). The van der Waals surface area contributed by atoms with E-state index < -0.39 is 9.84 Å². The number of hydrogen-bond donors (Lipinski definition) is 2. The number of guanidine groups is 1. The second kappa shape index (κ2) is 9.73. The molecule has 1 unspecified atom stereocenters. The Kier molecular flexibility index (Phi) is 7.96. The van der Waals surface area contributed by atoms with Gasteiger partial charge in [0.1, 0.15) is 9.84 Å². The van der Waals surface area contributed by atoms with Gasteiger partial charge in [-0.1, -0.05) is 0 Å². The lowest BCUT2D eigenvalue weighted by Crippen LogP contribution is -2.38. The van der Waals surface area contributed by atoms with Crippen LogP contribution in [0.3, 0.4) is 0 Å². The summed E-state index contributed by atoms with van der Waals surface area (Å²) in [7, 11) is -2.95. The summed E-state index contributed by atoms with van der Waals surface area (Å²) in [6.07, 6.45) is 5.21. The SMILES string of the molecule is CCNC(=NCC1(CS(C)(=O)=O)CC1)NCCCOCC1CCOC1. The van der Waals surface area contributed by atoms with Crippen molar-refractivity contribution in [3.63, 3.8) is 0 Å². The minimum Gasteiger partial charge on any atom is -0.381 e. The molecule has 1 saturated heterocycles. The summed E-state index contributed by atoms with van der Waals surface area (Å²) in [5.74, 6) is 1.55. The summed E-state index contributed by atoms with van der Waals surface area (Å²) in [6.45, 7) is 7.34. The number of aliphatic imine (C=N–C) groups is 1. The van der Waals surface area contributed by atoms with Gasteiger partial charge in [-0.15, -0.1) is 0 Å². The maximum atomic E-state index is 11.5. The number of rotatable bonds is 11. The van der Waals surface area contributed by atoms with Crippen molar-refractivity contribution in [3.8, 4) is 0 Å². The summed E-state index contributed by atoms with van der Waals surface area (Å²) >= 11 is 0. The molecule has 2 rings (SSSR count). The summed E-state index contributed by atoms with van der Waals surface area (Å²) in [5.41, 5.74) is -0.137. The van der Waals surface area contributed by atoms with Gasteiger partial charge in [0.05, 0.1) is 19.0 Å². The summed E-state index contributed by atoms with van der Waals surface area (Å²) in [4.78, 5) is 4.59. The highest BCUT2D eigenvalue weighted by molar-refractivity contribution is 7.90. The summed E-state index contributed by atoms with van der Waals surface area (Å²) in [6, 6.07) is 0. The van der Waals surface area contributed by atoms with Gasteiger partial charge in [0.2, 0.25) is 0 Å². The third-order valence-electron chi connectivity index (χ3n) is 4.58. The molecular weight excluding hydrogens is 342 g/mol. The van der Waals surface area contributed by atoms with E-state index >= 15 is 0 Å². The van der Waals surface area contributed by atoms with E-state index in [4.69, 9.17) is 9.47 Å². The van der Waals surface area contributed by atoms with Crippen molar-refractivity contribution in [2.24, 2.45) is 16.3 Å². The highest BCUT2D eigenvalue weighted by atomic mass is 32.2. The number of hydrogen-bond acceptors (Lipinski definition) is 5. The molecule has 146 valence electrons. The lowest BCUT2D eigenvalue weighted by molar-refractivity contribution is 0.0888. The van der Waals surface area contributed by atoms with Crippen LogP contribution >= 0.6 is 0 Å². The Morgan fingerprint density at radius 3 is 2.76 bits per heavy atom. The molecule has 1 aliphatic carbocycles. The molecule has 1 aliphatic heterocycles. The molecule has 0 bridgehead atoms. The zero-order chi connectivity index (χ0) is 18.2. The van der Waals surface area contributed by atoms with Crippen molar-refractivity contribution in [3.05, 3.63) is 0 Å². The predicted molar refractivity (Wildman–Crippen MR) is 99.7 cm³/mol. The fourth-order valence-corrected chi connectivity index (χ4v) is 4.51. The fourth-order valence-electron chi connectivity index (χ4n) is 3.02. The van der Waals surface area contributed by atoms with E-state index in [0.717, 1.165) is 71.2 Å². The molecule has 1 atom stereocenters. The Bertz CT molecular complexity index is 526. The van der Waals surface area contributed by atoms with Crippen LogP contribution in [0, 0.1) is 11.3 Å². The average Bonchev–Trinajstić information content (AvgIpc) is 3.08. The van der Waals surface area contributed by atoms with E-state index in [-0.39, 0.29) is 11.2 Å². The molecule has 2 fully saturated rings. The molecule has 0 spiro atoms. The second-order valence-corrected chi connectivity index (χ2v) is 9.49. The van der Waals surface area contributed by atoms with Gasteiger partial charge in [-0.05, 0) is 32.6 Å². The van der Waals surface area contributed by atoms with Crippen molar-refractivity contribution in [1.82, 2.24) is 10.6 Å². The molecule has 7 nitrogen and oxygen atoms in total. The molecule has 2 N–H and O–H groups in total. The van der Waals surface area contributed by atoms with Crippen LogP contribution in [0.4, 0.5) is 0 Å². The molecule has 0 amide bonds. The maximum Gasteiger partial charge on any atom is 0.191 e. The highest BCUT2D eigenvalue weighted by Gasteiger charge is 2.45. The molecule has 2 aliphatic rings. The molecule has 8 heteroatoms. The topological polar surface area (TPSA) is 89.0 Å². The van der Waals surface area contributed by atoms with E-state index in [1.54, 1.807) is 0 Å². The number of sulfone groups is 1. The minimum atomic E-state index is -2.95. The van der Waals surface area contributed by atoms with Crippen molar-refractivity contribution < 1.29 is 17.9 Å². The maximum absolute atomic E-state index is 11.5. The zero-order valence-corrected chi connectivity index (χ0v) is 16.4. The van der Waals surface area contributed by atoms with Crippen molar-refractivity contribution in [1.29, 1.82) is 0 Å². The quantitative estimate of drug-likeness (QED) is 0.316. The van der Waals surface area contributed by atoms with Gasteiger partial charge in [0.15, 0.2) is 5.96 Å². The van der Waals surface area contributed by atoms with Crippen LogP contribution in [0.5, 0.6) is 0 Å². The monoisotopic (exact) mass is 375 g/mol. The fraction of sp³-hybridized carbons (Fsp3) is 0.941. The van der Waals surface area contributed by atoms with Gasteiger partial charge >= 0.3 is 0 Å². The van der Waals surface area contributed by atoms with Crippen molar-refractivity contribution in [2.45, 2.75) is 32.6 Å². The van der Waals surface area contributed by atoms with Gasteiger partial charge < -0.3 is 20.1 Å². The molecular formula is C17H33N3O4S. The average molecular weight is 376 g/mol. The van der Waals surface area contributed by atoms with Crippen LogP contribution in [0.1, 0.15) is 32.6 Å². The van der Waals surface area contributed by atoms with Crippen LogP contribution in [0.2, 0.25) is 0 Å². The van der Waals surface area contributed by atoms with Crippen molar-refractivity contribution >= 4 is 15.8 Å². The van der Waals surface area contributed by atoms with Gasteiger partial charge in [0.25, 0.3) is 0 Å². The van der Waals surface area contributed by atoms with Crippen molar-refractivity contribution in [2.75, 3.05) is 58.1 Å². The predicted octanol–water partition coefficient (Wildman–Crippen LogP) is 0.810. The highest BCUT2D eigenvalue weighted by Crippen LogP contribution is 2.46. The first kappa shape index (κ1) is 20.5. The molecule has 0 radical (unpaired) electrons.